The van der Waals surface area contributed by atoms with Gasteiger partial charge < -0.3 is 10.1 Å². The molecule has 6 heteroatoms. The van der Waals surface area contributed by atoms with Crippen LogP contribution < -0.4 is 5.32 Å². The highest BCUT2D eigenvalue weighted by Crippen LogP contribution is 2.20. The van der Waals surface area contributed by atoms with E-state index in [1.165, 1.54) is 12.1 Å². The highest BCUT2D eigenvalue weighted by atomic mass is 19.4. The minimum absolute atomic E-state index is 0.0277. The van der Waals surface area contributed by atoms with Crippen LogP contribution in [0.2, 0.25) is 0 Å². The van der Waals surface area contributed by atoms with Gasteiger partial charge >= 0.3 is 6.18 Å². The summed E-state index contributed by atoms with van der Waals surface area (Å²) in [6, 6.07) is 5.82. The molecule has 0 aromatic heterocycles. The number of nitrogens with one attached hydrogen (secondary N) is 1. The van der Waals surface area contributed by atoms with E-state index in [1.54, 1.807) is 12.1 Å². The van der Waals surface area contributed by atoms with Crippen LogP contribution in [0.25, 0.3) is 0 Å². The number of rotatable bonds is 7. The highest BCUT2D eigenvalue weighted by molar-refractivity contribution is 5.42. The van der Waals surface area contributed by atoms with Crippen LogP contribution in [0.3, 0.4) is 0 Å². The second kappa shape index (κ2) is 7.20. The van der Waals surface area contributed by atoms with E-state index in [4.69, 9.17) is 4.74 Å². The van der Waals surface area contributed by atoms with Crippen molar-refractivity contribution in [3.05, 3.63) is 30.1 Å². The molecule has 0 aliphatic carbocycles. The van der Waals surface area contributed by atoms with Crippen LogP contribution in [-0.4, -0.2) is 25.9 Å². The summed E-state index contributed by atoms with van der Waals surface area (Å²) in [5.41, 5.74) is 0.746. The average Bonchev–Trinajstić information content (AvgIpc) is 2.29. The lowest BCUT2D eigenvalue weighted by Gasteiger charge is -2.08. The maximum Gasteiger partial charge on any atom is 0.389 e. The smallest absolute Gasteiger partial charge is 0.383 e. The van der Waals surface area contributed by atoms with Crippen molar-refractivity contribution in [3.63, 3.8) is 0 Å². The van der Waals surface area contributed by atoms with E-state index in [1.807, 2.05) is 0 Å². The number of hydrogen-bond donors (Lipinski definition) is 1. The van der Waals surface area contributed by atoms with Gasteiger partial charge in [0.2, 0.25) is 0 Å². The van der Waals surface area contributed by atoms with Crippen LogP contribution in [0.1, 0.15) is 12.8 Å². The van der Waals surface area contributed by atoms with E-state index in [0.29, 0.717) is 13.2 Å². The fraction of sp³-hybridized carbons (Fsp3) is 0.500. The number of ether oxygens (including phenoxy) is 1. The lowest BCUT2D eigenvalue weighted by Crippen LogP contribution is -2.12. The molecule has 102 valence electrons. The summed E-state index contributed by atoms with van der Waals surface area (Å²) in [7, 11) is 0. The van der Waals surface area contributed by atoms with Crippen LogP contribution in [0.5, 0.6) is 0 Å². The number of alkyl halides is 3. The van der Waals surface area contributed by atoms with Gasteiger partial charge in [0.15, 0.2) is 0 Å². The SMILES string of the molecule is Fc1ccc(NCCOCCCC(F)(F)F)cc1. The summed E-state index contributed by atoms with van der Waals surface area (Å²) in [6.45, 7) is 0.873. The third-order valence-corrected chi connectivity index (χ3v) is 2.17. The summed E-state index contributed by atoms with van der Waals surface area (Å²) in [5, 5.41) is 2.97. The highest BCUT2D eigenvalue weighted by Gasteiger charge is 2.25. The molecule has 0 bridgehead atoms. The molecule has 1 aromatic carbocycles. The van der Waals surface area contributed by atoms with E-state index in [9.17, 15) is 17.6 Å². The van der Waals surface area contributed by atoms with Gasteiger partial charge in [-0.25, -0.2) is 4.39 Å². The van der Waals surface area contributed by atoms with Gasteiger partial charge in [-0.15, -0.1) is 0 Å². The molecule has 18 heavy (non-hydrogen) atoms. The second-order valence-corrected chi connectivity index (χ2v) is 3.76. The standard InChI is InChI=1S/C12H15F4NO/c13-10-2-4-11(5-3-10)17-7-9-18-8-1-6-12(14,15)16/h2-5,17H,1,6-9H2. The largest absolute Gasteiger partial charge is 0.389 e. The molecular formula is C12H15F4NO. The van der Waals surface area contributed by atoms with Crippen molar-refractivity contribution in [2.45, 2.75) is 19.0 Å². The molecule has 0 saturated carbocycles. The number of benzene rings is 1. The summed E-state index contributed by atoms with van der Waals surface area (Å²) in [4.78, 5) is 0. The van der Waals surface area contributed by atoms with E-state index < -0.39 is 12.6 Å². The lowest BCUT2D eigenvalue weighted by molar-refractivity contribution is -0.137. The topological polar surface area (TPSA) is 21.3 Å². The molecule has 0 atom stereocenters. The Kier molecular flexibility index (Phi) is 5.91. The molecule has 0 radical (unpaired) electrons. The maximum atomic E-state index is 12.6. The Morgan fingerprint density at radius 3 is 2.33 bits per heavy atom. The minimum atomic E-state index is -4.12. The van der Waals surface area contributed by atoms with Gasteiger partial charge in [0.1, 0.15) is 5.82 Å². The molecule has 0 saturated heterocycles. The molecule has 0 aliphatic heterocycles. The zero-order valence-electron chi connectivity index (χ0n) is 9.77. The predicted molar refractivity (Wildman–Crippen MR) is 61.0 cm³/mol. The first kappa shape index (κ1) is 14.8. The number of hydrogen-bond acceptors (Lipinski definition) is 2. The summed E-state index contributed by atoms with van der Waals surface area (Å²) in [5.74, 6) is -0.316. The lowest BCUT2D eigenvalue weighted by atomic mass is 10.3. The number of halogens is 4. The van der Waals surface area contributed by atoms with E-state index >= 15 is 0 Å². The molecule has 1 rings (SSSR count). The summed E-state index contributed by atoms with van der Waals surface area (Å²) in [6.07, 6.45) is -4.96. The number of anilines is 1. The Bertz CT molecular complexity index is 337. The Morgan fingerprint density at radius 1 is 1.06 bits per heavy atom. The van der Waals surface area contributed by atoms with E-state index in [2.05, 4.69) is 5.32 Å². The van der Waals surface area contributed by atoms with Crippen molar-refractivity contribution >= 4 is 5.69 Å². The van der Waals surface area contributed by atoms with Crippen molar-refractivity contribution in [1.82, 2.24) is 0 Å². The van der Waals surface area contributed by atoms with Crippen LogP contribution in [0.15, 0.2) is 24.3 Å². The predicted octanol–water partition coefficient (Wildman–Crippen LogP) is 3.60. The molecular weight excluding hydrogens is 250 g/mol. The van der Waals surface area contributed by atoms with Gasteiger partial charge in [-0.2, -0.15) is 13.2 Å². The third-order valence-electron chi connectivity index (χ3n) is 2.17. The van der Waals surface area contributed by atoms with E-state index in [0.717, 1.165) is 5.69 Å². The van der Waals surface area contributed by atoms with Gasteiger partial charge in [0, 0.05) is 25.3 Å². The van der Waals surface area contributed by atoms with Crippen molar-refractivity contribution < 1.29 is 22.3 Å². The minimum Gasteiger partial charge on any atom is -0.383 e. The normalized spacial score (nSPS) is 11.6. The van der Waals surface area contributed by atoms with Crippen molar-refractivity contribution in [2.75, 3.05) is 25.1 Å². The molecule has 0 aliphatic rings. The molecule has 0 heterocycles. The molecule has 2 nitrogen and oxygen atoms in total. The first-order chi connectivity index (χ1) is 8.47. The first-order valence-corrected chi connectivity index (χ1v) is 5.61. The van der Waals surface area contributed by atoms with Crippen molar-refractivity contribution in [1.29, 1.82) is 0 Å². The third kappa shape index (κ3) is 7.11. The van der Waals surface area contributed by atoms with Gasteiger partial charge in [-0.3, -0.25) is 0 Å². The van der Waals surface area contributed by atoms with Crippen LogP contribution in [0, 0.1) is 5.82 Å². The molecule has 0 fully saturated rings. The van der Waals surface area contributed by atoms with Gasteiger partial charge in [0.05, 0.1) is 6.61 Å². The van der Waals surface area contributed by atoms with Gasteiger partial charge in [0.25, 0.3) is 0 Å². The van der Waals surface area contributed by atoms with Crippen LogP contribution in [-0.2, 0) is 4.74 Å². The molecule has 0 unspecified atom stereocenters. The first-order valence-electron chi connectivity index (χ1n) is 5.61. The van der Waals surface area contributed by atoms with Gasteiger partial charge in [-0.05, 0) is 30.7 Å². The average molecular weight is 265 g/mol. The summed E-state index contributed by atoms with van der Waals surface area (Å²) >= 11 is 0. The summed E-state index contributed by atoms with van der Waals surface area (Å²) < 4.78 is 53.0. The Morgan fingerprint density at radius 2 is 1.72 bits per heavy atom. The van der Waals surface area contributed by atoms with Crippen molar-refractivity contribution in [3.8, 4) is 0 Å². The zero-order chi connectivity index (χ0) is 13.4. The second-order valence-electron chi connectivity index (χ2n) is 3.76. The molecule has 1 aromatic rings. The molecule has 1 N–H and O–H groups in total. The van der Waals surface area contributed by atoms with E-state index in [-0.39, 0.29) is 18.8 Å². The van der Waals surface area contributed by atoms with Crippen molar-refractivity contribution in [2.24, 2.45) is 0 Å². The fourth-order valence-corrected chi connectivity index (χ4v) is 1.31. The zero-order valence-corrected chi connectivity index (χ0v) is 9.77. The Hall–Kier alpha value is -1.30. The Labute approximate surface area is 103 Å². The van der Waals surface area contributed by atoms with Crippen LogP contribution in [0.4, 0.5) is 23.2 Å². The molecule has 0 spiro atoms. The maximum absolute atomic E-state index is 12.6. The monoisotopic (exact) mass is 265 g/mol. The molecule has 0 amide bonds. The quantitative estimate of drug-likeness (QED) is 0.601. The fourth-order valence-electron chi connectivity index (χ4n) is 1.31. The van der Waals surface area contributed by atoms with Crippen LogP contribution >= 0.6 is 0 Å². The van der Waals surface area contributed by atoms with Gasteiger partial charge in [-0.1, -0.05) is 0 Å². The Balaban J connectivity index is 2.00.